The van der Waals surface area contributed by atoms with Crippen molar-refractivity contribution < 1.29 is 14.3 Å². The van der Waals surface area contributed by atoms with Gasteiger partial charge >= 0.3 is 0 Å². The van der Waals surface area contributed by atoms with Crippen LogP contribution in [0.3, 0.4) is 0 Å². The zero-order valence-electron chi connectivity index (χ0n) is 21.3. The van der Waals surface area contributed by atoms with Gasteiger partial charge in [-0.05, 0) is 62.2 Å². The van der Waals surface area contributed by atoms with Gasteiger partial charge in [-0.3, -0.25) is 4.79 Å². The molecular weight excluding hydrogens is 426 g/mol. The van der Waals surface area contributed by atoms with Gasteiger partial charge in [0.1, 0.15) is 5.72 Å². The van der Waals surface area contributed by atoms with Gasteiger partial charge in [-0.15, -0.1) is 0 Å². The maximum atomic E-state index is 13.0. The van der Waals surface area contributed by atoms with Crippen LogP contribution in [-0.2, 0) is 9.22 Å². The normalized spacial score (nSPS) is 29.8. The topological polar surface area (TPSA) is 49.8 Å². The molecule has 33 heavy (non-hydrogen) atoms. The van der Waals surface area contributed by atoms with Crippen LogP contribution in [0.15, 0.2) is 42.0 Å². The van der Waals surface area contributed by atoms with Crippen LogP contribution in [0, 0.1) is 11.8 Å². The van der Waals surface area contributed by atoms with Gasteiger partial charge in [-0.2, -0.15) is 0 Å². The second kappa shape index (κ2) is 9.31. The Labute approximate surface area is 201 Å². The first-order valence-corrected chi connectivity index (χ1v) is 15.9. The lowest BCUT2D eigenvalue weighted by Crippen LogP contribution is -2.60. The lowest BCUT2D eigenvalue weighted by atomic mass is 9.69. The van der Waals surface area contributed by atoms with Crippen molar-refractivity contribution in [3.63, 3.8) is 0 Å². The second-order valence-corrected chi connectivity index (χ2v) is 16.7. The minimum atomic E-state index is -1.66. The zero-order chi connectivity index (χ0) is 23.9. The summed E-state index contributed by atoms with van der Waals surface area (Å²) < 4.78 is 6.33. The molecule has 1 aromatic rings. The number of unbranched alkanes of at least 4 members (excludes halogenated alkanes) is 2. The third-order valence-corrected chi connectivity index (χ3v) is 13.4. The Morgan fingerprint density at radius 2 is 1.88 bits per heavy atom. The number of rotatable bonds is 8. The fourth-order valence-corrected chi connectivity index (χ4v) is 7.06. The third-order valence-electron chi connectivity index (χ3n) is 8.91. The summed E-state index contributed by atoms with van der Waals surface area (Å²) >= 11 is 0. The molecule has 5 heteroatoms. The van der Waals surface area contributed by atoms with E-state index in [-0.39, 0.29) is 28.8 Å². The van der Waals surface area contributed by atoms with Gasteiger partial charge in [0.05, 0.1) is 6.04 Å². The summed E-state index contributed by atoms with van der Waals surface area (Å²) in [6, 6.07) is 10.3. The average molecular weight is 470 g/mol. The highest BCUT2D eigenvalue weighted by molar-refractivity contribution is 6.74. The average Bonchev–Trinajstić information content (AvgIpc) is 3.07. The van der Waals surface area contributed by atoms with Crippen LogP contribution in [0.1, 0.15) is 83.7 Å². The Kier molecular flexibility index (Phi) is 6.97. The highest BCUT2D eigenvalue weighted by atomic mass is 28.4. The van der Waals surface area contributed by atoms with E-state index in [2.05, 4.69) is 52.1 Å². The summed E-state index contributed by atoms with van der Waals surface area (Å²) in [5, 5.41) is 12.3. The summed E-state index contributed by atoms with van der Waals surface area (Å²) in [5.74, 6) is 0.346. The highest BCUT2D eigenvalue weighted by Crippen LogP contribution is 2.57. The molecule has 1 amide bonds. The summed E-state index contributed by atoms with van der Waals surface area (Å²) in [5.41, 5.74) is 1.52. The second-order valence-electron chi connectivity index (χ2n) is 11.9. The van der Waals surface area contributed by atoms with E-state index in [4.69, 9.17) is 4.43 Å². The molecule has 1 unspecified atom stereocenters. The molecular formula is C28H43NO3Si. The predicted molar refractivity (Wildman–Crippen MR) is 136 cm³/mol. The Bertz CT molecular complexity index is 875. The van der Waals surface area contributed by atoms with Crippen molar-refractivity contribution in [2.75, 3.05) is 6.61 Å². The van der Waals surface area contributed by atoms with Crippen molar-refractivity contribution in [2.45, 2.75) is 102 Å². The number of aliphatic hydroxyl groups is 1. The molecule has 4 nitrogen and oxygen atoms in total. The van der Waals surface area contributed by atoms with Gasteiger partial charge in [-0.1, -0.05) is 69.2 Å². The minimum absolute atomic E-state index is 0.00302. The van der Waals surface area contributed by atoms with Crippen molar-refractivity contribution >= 4 is 14.2 Å². The standard InChI is InChI=1S/C28H43NO3Si/c1-27(2,3)33(4,5)32-19-11-7-10-12-21-15-16-23-20-25(22-13-8-6-9-14-22)29-26(30)18-17-24(21)28(23,29)31/h6,8-9,13-15,23-25,31H,7,10-12,16-20H2,1-5H3/t23?,24-,25-,28-/m0/s1. The Morgan fingerprint density at radius 1 is 1.15 bits per heavy atom. The number of carbonyl (C=O) groups excluding carboxylic acids is 1. The van der Waals surface area contributed by atoms with Crippen molar-refractivity contribution in [2.24, 2.45) is 11.8 Å². The molecule has 2 saturated heterocycles. The molecule has 1 aromatic carbocycles. The minimum Gasteiger partial charge on any atom is -0.417 e. The molecule has 0 radical (unpaired) electrons. The summed E-state index contributed by atoms with van der Waals surface area (Å²) in [4.78, 5) is 14.9. The zero-order valence-corrected chi connectivity index (χ0v) is 22.3. The van der Waals surface area contributed by atoms with Crippen LogP contribution in [0.2, 0.25) is 18.1 Å². The number of hydrogen-bond donors (Lipinski definition) is 1. The van der Waals surface area contributed by atoms with Crippen LogP contribution in [0.4, 0.5) is 0 Å². The van der Waals surface area contributed by atoms with E-state index in [0.717, 1.165) is 57.1 Å². The molecule has 4 rings (SSSR count). The van der Waals surface area contributed by atoms with E-state index in [1.807, 2.05) is 23.1 Å². The van der Waals surface area contributed by atoms with Crippen molar-refractivity contribution in [3.05, 3.63) is 47.5 Å². The summed E-state index contributed by atoms with van der Waals surface area (Å²) in [6.45, 7) is 12.4. The van der Waals surface area contributed by atoms with Gasteiger partial charge in [0.15, 0.2) is 8.32 Å². The van der Waals surface area contributed by atoms with Gasteiger partial charge < -0.3 is 14.4 Å². The lowest BCUT2D eigenvalue weighted by Gasteiger charge is -2.51. The van der Waals surface area contributed by atoms with E-state index >= 15 is 0 Å². The number of benzene rings is 1. The van der Waals surface area contributed by atoms with Crippen LogP contribution in [0.25, 0.3) is 0 Å². The molecule has 2 aliphatic heterocycles. The molecule has 1 N–H and O–H groups in total. The summed E-state index contributed by atoms with van der Waals surface area (Å²) in [6.07, 6.45) is 9.86. The van der Waals surface area contributed by atoms with Crippen molar-refractivity contribution in [1.82, 2.24) is 4.90 Å². The number of amides is 1. The van der Waals surface area contributed by atoms with Gasteiger partial charge in [0, 0.05) is 24.9 Å². The lowest BCUT2D eigenvalue weighted by molar-refractivity contribution is -0.191. The number of allylic oxidation sites excluding steroid dienone is 1. The quantitative estimate of drug-likeness (QED) is 0.265. The van der Waals surface area contributed by atoms with E-state index in [0.29, 0.717) is 6.42 Å². The smallest absolute Gasteiger partial charge is 0.225 e. The molecule has 0 spiro atoms. The van der Waals surface area contributed by atoms with E-state index < -0.39 is 14.0 Å². The largest absolute Gasteiger partial charge is 0.417 e. The summed E-state index contributed by atoms with van der Waals surface area (Å²) in [7, 11) is -1.66. The molecule has 4 atom stereocenters. The first-order valence-electron chi connectivity index (χ1n) is 13.0. The highest BCUT2D eigenvalue weighted by Gasteiger charge is 2.61. The first kappa shape index (κ1) is 24.7. The molecule has 182 valence electrons. The van der Waals surface area contributed by atoms with Gasteiger partial charge in [0.25, 0.3) is 0 Å². The van der Waals surface area contributed by atoms with E-state index in [1.165, 1.54) is 5.57 Å². The van der Waals surface area contributed by atoms with Crippen molar-refractivity contribution in [1.29, 1.82) is 0 Å². The molecule has 1 aliphatic carbocycles. The van der Waals surface area contributed by atoms with Crippen molar-refractivity contribution in [3.8, 4) is 0 Å². The number of hydrogen-bond acceptors (Lipinski definition) is 3. The molecule has 2 heterocycles. The van der Waals surface area contributed by atoms with Gasteiger partial charge in [0.2, 0.25) is 5.91 Å². The Hall–Kier alpha value is -1.43. The third kappa shape index (κ3) is 4.61. The van der Waals surface area contributed by atoms with Crippen LogP contribution >= 0.6 is 0 Å². The fourth-order valence-electron chi connectivity index (χ4n) is 5.97. The van der Waals surface area contributed by atoms with E-state index in [1.54, 1.807) is 0 Å². The molecule has 0 saturated carbocycles. The van der Waals surface area contributed by atoms with Gasteiger partial charge in [-0.25, -0.2) is 0 Å². The predicted octanol–water partition coefficient (Wildman–Crippen LogP) is 6.59. The fraction of sp³-hybridized carbons (Fsp3) is 0.679. The Balaban J connectivity index is 1.36. The molecule has 0 bridgehead atoms. The maximum absolute atomic E-state index is 13.0. The Morgan fingerprint density at radius 3 is 2.58 bits per heavy atom. The molecule has 2 fully saturated rings. The molecule has 3 aliphatic rings. The van der Waals surface area contributed by atoms with Crippen LogP contribution in [0.5, 0.6) is 0 Å². The van der Waals surface area contributed by atoms with Crippen LogP contribution < -0.4 is 0 Å². The number of nitrogens with zero attached hydrogens (tertiary/aromatic N) is 1. The number of piperidine rings is 1. The first-order chi connectivity index (χ1) is 15.6. The monoisotopic (exact) mass is 469 g/mol. The number of carbonyl (C=O) groups is 1. The SMILES string of the molecule is CC(C)(C)[Si](C)(C)OCCCCCC1=CCC2C[C@@H](c3ccccc3)N3C(=O)CC[C@@H]1[C@@]23O. The van der Waals surface area contributed by atoms with E-state index in [9.17, 15) is 9.90 Å². The maximum Gasteiger partial charge on any atom is 0.225 e. The van der Waals surface area contributed by atoms with Crippen LogP contribution in [-0.4, -0.2) is 36.6 Å². The molecule has 0 aromatic heterocycles.